The molecule has 0 unspecified atom stereocenters. The van der Waals surface area contributed by atoms with Gasteiger partial charge in [0, 0.05) is 16.8 Å². The summed E-state index contributed by atoms with van der Waals surface area (Å²) in [6, 6.07) is 10.7. The monoisotopic (exact) mass is 336 g/mol. The summed E-state index contributed by atoms with van der Waals surface area (Å²) in [5.41, 5.74) is 3.24. The van der Waals surface area contributed by atoms with Gasteiger partial charge in [0.15, 0.2) is 0 Å². The minimum Gasteiger partial charge on any atom is -0.382 e. The van der Waals surface area contributed by atoms with Gasteiger partial charge in [-0.15, -0.1) is 0 Å². The van der Waals surface area contributed by atoms with Crippen molar-refractivity contribution in [2.75, 3.05) is 10.0 Å². The number of nitrogens with one attached hydrogen (secondary N) is 2. The van der Waals surface area contributed by atoms with Gasteiger partial charge in [-0.1, -0.05) is 17.7 Å². The Morgan fingerprint density at radius 1 is 1.27 bits per heavy atom. The molecule has 0 bridgehead atoms. The lowest BCUT2D eigenvalue weighted by Gasteiger charge is -2.12. The van der Waals surface area contributed by atoms with Gasteiger partial charge >= 0.3 is 0 Å². The molecule has 0 amide bonds. The number of halogens is 1. The first-order valence-corrected chi connectivity index (χ1v) is 8.90. The second-order valence-electron chi connectivity index (χ2n) is 5.59. The average molecular weight is 337 g/mol. The summed E-state index contributed by atoms with van der Waals surface area (Å²) in [5.74, 6) is 0. The standard InChI is InChI=1S/C16H17ClN2O2S/c1-10-8-12-9-13(6-7-16(12)18-10)22(20,21)19-15-5-3-4-14(17)11(15)2/h3-7,9-10,18-19H,8H2,1-2H3/t10-/m0/s1. The highest BCUT2D eigenvalue weighted by Crippen LogP contribution is 2.30. The van der Waals surface area contributed by atoms with Crippen molar-refractivity contribution in [3.05, 3.63) is 52.5 Å². The topological polar surface area (TPSA) is 58.2 Å². The van der Waals surface area contributed by atoms with E-state index in [1.807, 2.05) is 6.07 Å². The lowest BCUT2D eigenvalue weighted by atomic mass is 10.1. The largest absolute Gasteiger partial charge is 0.382 e. The second kappa shape index (κ2) is 5.48. The highest BCUT2D eigenvalue weighted by molar-refractivity contribution is 7.92. The first-order chi connectivity index (χ1) is 10.4. The van der Waals surface area contributed by atoms with Crippen molar-refractivity contribution < 1.29 is 8.42 Å². The van der Waals surface area contributed by atoms with Crippen LogP contribution in [-0.4, -0.2) is 14.5 Å². The zero-order valence-corrected chi connectivity index (χ0v) is 13.9. The Labute approximate surface area is 135 Å². The molecule has 0 aromatic heterocycles. The fourth-order valence-electron chi connectivity index (χ4n) is 2.62. The molecule has 116 valence electrons. The molecule has 1 heterocycles. The van der Waals surface area contributed by atoms with Crippen LogP contribution in [0.4, 0.5) is 11.4 Å². The molecule has 0 fully saturated rings. The van der Waals surface area contributed by atoms with Gasteiger partial charge in [0.2, 0.25) is 0 Å². The van der Waals surface area contributed by atoms with Crippen LogP contribution in [-0.2, 0) is 16.4 Å². The van der Waals surface area contributed by atoms with Crippen molar-refractivity contribution in [3.8, 4) is 0 Å². The predicted octanol–water partition coefficient (Wildman–Crippen LogP) is 3.81. The van der Waals surface area contributed by atoms with Crippen LogP contribution >= 0.6 is 11.6 Å². The van der Waals surface area contributed by atoms with Gasteiger partial charge in [0.05, 0.1) is 10.6 Å². The van der Waals surface area contributed by atoms with Gasteiger partial charge in [0.25, 0.3) is 10.0 Å². The summed E-state index contributed by atoms with van der Waals surface area (Å²) in [5, 5.41) is 3.84. The third-order valence-electron chi connectivity index (χ3n) is 3.83. The minimum atomic E-state index is -3.63. The maximum Gasteiger partial charge on any atom is 0.261 e. The quantitative estimate of drug-likeness (QED) is 0.896. The molecule has 0 saturated carbocycles. The summed E-state index contributed by atoms with van der Waals surface area (Å²) >= 11 is 6.04. The zero-order chi connectivity index (χ0) is 15.9. The van der Waals surface area contributed by atoms with Crippen LogP contribution in [0.3, 0.4) is 0 Å². The van der Waals surface area contributed by atoms with Gasteiger partial charge in [-0.3, -0.25) is 4.72 Å². The molecule has 22 heavy (non-hydrogen) atoms. The molecular formula is C16H17ClN2O2S. The first kappa shape index (κ1) is 15.2. The Balaban J connectivity index is 1.94. The van der Waals surface area contributed by atoms with Crippen molar-refractivity contribution in [1.82, 2.24) is 0 Å². The molecule has 2 N–H and O–H groups in total. The fraction of sp³-hybridized carbons (Fsp3) is 0.250. The van der Waals surface area contributed by atoms with Gasteiger partial charge in [0.1, 0.15) is 0 Å². The molecule has 0 spiro atoms. The van der Waals surface area contributed by atoms with Crippen molar-refractivity contribution >= 4 is 33.0 Å². The molecule has 1 aliphatic rings. The van der Waals surface area contributed by atoms with Crippen LogP contribution in [0.2, 0.25) is 5.02 Å². The van der Waals surface area contributed by atoms with E-state index in [9.17, 15) is 8.42 Å². The minimum absolute atomic E-state index is 0.265. The van der Waals surface area contributed by atoms with E-state index < -0.39 is 10.0 Å². The van der Waals surface area contributed by atoms with Crippen LogP contribution in [0.25, 0.3) is 0 Å². The van der Waals surface area contributed by atoms with Crippen molar-refractivity contribution in [1.29, 1.82) is 0 Å². The van der Waals surface area contributed by atoms with Crippen molar-refractivity contribution in [2.24, 2.45) is 0 Å². The number of hydrogen-bond donors (Lipinski definition) is 2. The lowest BCUT2D eigenvalue weighted by molar-refractivity contribution is 0.601. The highest BCUT2D eigenvalue weighted by atomic mass is 35.5. The molecule has 1 aliphatic heterocycles. The molecule has 0 saturated heterocycles. The number of anilines is 2. The van der Waals surface area contributed by atoms with E-state index in [1.54, 1.807) is 37.3 Å². The molecule has 1 atom stereocenters. The Morgan fingerprint density at radius 3 is 2.82 bits per heavy atom. The van der Waals surface area contributed by atoms with E-state index in [-0.39, 0.29) is 4.90 Å². The van der Waals surface area contributed by atoms with Crippen molar-refractivity contribution in [2.45, 2.75) is 31.2 Å². The predicted molar refractivity (Wildman–Crippen MR) is 90.2 cm³/mol. The Morgan fingerprint density at radius 2 is 2.05 bits per heavy atom. The van der Waals surface area contributed by atoms with Crippen molar-refractivity contribution in [3.63, 3.8) is 0 Å². The summed E-state index contributed by atoms with van der Waals surface area (Å²) < 4.78 is 27.8. The summed E-state index contributed by atoms with van der Waals surface area (Å²) in [6.45, 7) is 3.86. The number of hydrogen-bond acceptors (Lipinski definition) is 3. The van der Waals surface area contributed by atoms with Crippen LogP contribution in [0.15, 0.2) is 41.3 Å². The van der Waals surface area contributed by atoms with Crippen LogP contribution in [0, 0.1) is 6.92 Å². The fourth-order valence-corrected chi connectivity index (χ4v) is 3.96. The van der Waals surface area contributed by atoms with E-state index in [0.29, 0.717) is 22.3 Å². The molecule has 2 aromatic carbocycles. The van der Waals surface area contributed by atoms with Gasteiger partial charge in [-0.05, 0) is 61.7 Å². The maximum atomic E-state index is 12.6. The normalized spacial score (nSPS) is 17.0. The molecule has 3 rings (SSSR count). The van der Waals surface area contributed by atoms with Gasteiger partial charge < -0.3 is 5.32 Å². The number of sulfonamides is 1. The van der Waals surface area contributed by atoms with E-state index in [0.717, 1.165) is 17.7 Å². The summed E-state index contributed by atoms with van der Waals surface area (Å²) in [6.07, 6.45) is 0.828. The number of rotatable bonds is 3. The SMILES string of the molecule is Cc1c(Cl)cccc1NS(=O)(=O)c1ccc2c(c1)C[C@H](C)N2. The molecular weight excluding hydrogens is 320 g/mol. The van der Waals surface area contributed by atoms with Gasteiger partial charge in [-0.2, -0.15) is 0 Å². The van der Waals surface area contributed by atoms with Crippen LogP contribution < -0.4 is 10.0 Å². The maximum absolute atomic E-state index is 12.6. The average Bonchev–Trinajstić information content (AvgIpc) is 2.82. The van der Waals surface area contributed by atoms with Crippen LogP contribution in [0.1, 0.15) is 18.1 Å². The summed E-state index contributed by atoms with van der Waals surface area (Å²) in [7, 11) is -3.63. The highest BCUT2D eigenvalue weighted by Gasteiger charge is 2.21. The Kier molecular flexibility index (Phi) is 3.78. The smallest absolute Gasteiger partial charge is 0.261 e. The number of fused-ring (bicyclic) bond motifs is 1. The first-order valence-electron chi connectivity index (χ1n) is 7.04. The summed E-state index contributed by atoms with van der Waals surface area (Å²) in [4.78, 5) is 0.265. The number of benzene rings is 2. The molecule has 0 aliphatic carbocycles. The third-order valence-corrected chi connectivity index (χ3v) is 5.60. The molecule has 6 heteroatoms. The van der Waals surface area contributed by atoms with Crippen LogP contribution in [0.5, 0.6) is 0 Å². The van der Waals surface area contributed by atoms with E-state index in [4.69, 9.17) is 11.6 Å². The third kappa shape index (κ3) is 2.78. The molecule has 2 aromatic rings. The van der Waals surface area contributed by atoms with E-state index in [1.165, 1.54) is 0 Å². The Hall–Kier alpha value is -1.72. The molecule has 0 radical (unpaired) electrons. The zero-order valence-electron chi connectivity index (χ0n) is 12.4. The Bertz CT molecular complexity index is 834. The van der Waals surface area contributed by atoms with E-state index >= 15 is 0 Å². The molecule has 4 nitrogen and oxygen atoms in total. The second-order valence-corrected chi connectivity index (χ2v) is 7.68. The lowest BCUT2D eigenvalue weighted by Crippen LogP contribution is -2.14. The van der Waals surface area contributed by atoms with E-state index in [2.05, 4.69) is 17.0 Å². The van der Waals surface area contributed by atoms with Gasteiger partial charge in [-0.25, -0.2) is 8.42 Å².